The van der Waals surface area contributed by atoms with Gasteiger partial charge >= 0.3 is 0 Å². The number of hydrogen-bond donors (Lipinski definition) is 2. The van der Waals surface area contributed by atoms with Gasteiger partial charge in [0.05, 0.1) is 11.4 Å². The zero-order valence-corrected chi connectivity index (χ0v) is 11.7. The standard InChI is InChI=1S/C11H17N3O4S/c1-3-12-11(16)8-14(4-2)19(17,18)9-5-6-10(15)13-7-9/h5-7H,3-4,8H2,1-2H3,(H,12,16)(H,13,15). The Balaban J connectivity index is 2.98. The second kappa shape index (κ2) is 6.48. The quantitative estimate of drug-likeness (QED) is 0.738. The third-order valence-corrected chi connectivity index (χ3v) is 4.36. The average molecular weight is 287 g/mol. The van der Waals surface area contributed by atoms with Crippen molar-refractivity contribution >= 4 is 15.9 Å². The molecule has 1 heterocycles. The number of hydrogen-bond acceptors (Lipinski definition) is 4. The summed E-state index contributed by atoms with van der Waals surface area (Å²) in [5.41, 5.74) is -0.384. The first-order chi connectivity index (χ1) is 8.91. The van der Waals surface area contributed by atoms with Crippen LogP contribution in [0.4, 0.5) is 0 Å². The molecule has 0 saturated carbocycles. The van der Waals surface area contributed by atoms with E-state index in [9.17, 15) is 18.0 Å². The summed E-state index contributed by atoms with van der Waals surface area (Å²) in [6.45, 7) is 3.76. The van der Waals surface area contributed by atoms with E-state index in [0.29, 0.717) is 6.54 Å². The maximum atomic E-state index is 12.2. The molecule has 1 aromatic heterocycles. The van der Waals surface area contributed by atoms with Crippen LogP contribution in [0, 0.1) is 0 Å². The minimum absolute atomic E-state index is 0.0433. The van der Waals surface area contributed by atoms with Crippen molar-refractivity contribution in [3.05, 3.63) is 28.7 Å². The lowest BCUT2D eigenvalue weighted by Crippen LogP contribution is -2.40. The first-order valence-corrected chi connectivity index (χ1v) is 7.31. The number of amides is 1. The minimum atomic E-state index is -3.78. The van der Waals surface area contributed by atoms with Crippen LogP contribution >= 0.6 is 0 Å². The molecular weight excluding hydrogens is 270 g/mol. The fourth-order valence-electron chi connectivity index (χ4n) is 1.49. The van der Waals surface area contributed by atoms with Gasteiger partial charge < -0.3 is 10.3 Å². The smallest absolute Gasteiger partial charge is 0.247 e. The fourth-order valence-corrected chi connectivity index (χ4v) is 2.86. The molecule has 8 heteroatoms. The molecule has 0 aliphatic carbocycles. The van der Waals surface area contributed by atoms with E-state index in [-0.39, 0.29) is 29.5 Å². The van der Waals surface area contributed by atoms with Gasteiger partial charge in [0.15, 0.2) is 0 Å². The number of H-pyrrole nitrogens is 1. The Morgan fingerprint density at radius 1 is 1.37 bits per heavy atom. The predicted octanol–water partition coefficient (Wildman–Crippen LogP) is -0.478. The Morgan fingerprint density at radius 3 is 2.53 bits per heavy atom. The van der Waals surface area contributed by atoms with Gasteiger partial charge in [-0.15, -0.1) is 0 Å². The predicted molar refractivity (Wildman–Crippen MR) is 70.2 cm³/mol. The van der Waals surface area contributed by atoms with E-state index in [4.69, 9.17) is 0 Å². The van der Waals surface area contributed by atoms with Gasteiger partial charge in [-0.05, 0) is 13.0 Å². The molecular formula is C11H17N3O4S. The maximum absolute atomic E-state index is 12.2. The first-order valence-electron chi connectivity index (χ1n) is 5.87. The van der Waals surface area contributed by atoms with Gasteiger partial charge in [0.25, 0.3) is 0 Å². The van der Waals surface area contributed by atoms with E-state index in [1.54, 1.807) is 13.8 Å². The largest absolute Gasteiger partial charge is 0.355 e. The van der Waals surface area contributed by atoms with Gasteiger partial charge in [0.1, 0.15) is 0 Å². The molecule has 106 valence electrons. The molecule has 2 N–H and O–H groups in total. The van der Waals surface area contributed by atoms with Gasteiger partial charge in [-0.25, -0.2) is 8.42 Å². The van der Waals surface area contributed by atoms with Gasteiger partial charge in [0, 0.05) is 25.4 Å². The highest BCUT2D eigenvalue weighted by Gasteiger charge is 2.25. The second-order valence-corrected chi connectivity index (χ2v) is 5.71. The molecule has 0 aromatic carbocycles. The number of nitrogens with one attached hydrogen (secondary N) is 2. The summed E-state index contributed by atoms with van der Waals surface area (Å²) >= 11 is 0. The normalized spacial score (nSPS) is 11.5. The van der Waals surface area contributed by atoms with Crippen molar-refractivity contribution in [2.24, 2.45) is 0 Å². The van der Waals surface area contributed by atoms with Crippen molar-refractivity contribution in [2.45, 2.75) is 18.7 Å². The first kappa shape index (κ1) is 15.4. The lowest BCUT2D eigenvalue weighted by Gasteiger charge is -2.19. The molecule has 0 atom stereocenters. The highest BCUT2D eigenvalue weighted by molar-refractivity contribution is 7.89. The van der Waals surface area contributed by atoms with Gasteiger partial charge in [0.2, 0.25) is 21.5 Å². The monoisotopic (exact) mass is 287 g/mol. The average Bonchev–Trinajstić information content (AvgIpc) is 2.36. The fraction of sp³-hybridized carbons (Fsp3) is 0.455. The van der Waals surface area contributed by atoms with Crippen LogP contribution in [0.5, 0.6) is 0 Å². The molecule has 0 aliphatic rings. The van der Waals surface area contributed by atoms with Crippen LogP contribution in [0.3, 0.4) is 0 Å². The van der Waals surface area contributed by atoms with Crippen LogP contribution in [-0.2, 0) is 14.8 Å². The molecule has 0 saturated heterocycles. The van der Waals surface area contributed by atoms with Gasteiger partial charge in [-0.2, -0.15) is 4.31 Å². The van der Waals surface area contributed by atoms with Crippen LogP contribution in [0.1, 0.15) is 13.8 Å². The van der Waals surface area contributed by atoms with E-state index < -0.39 is 10.0 Å². The molecule has 0 bridgehead atoms. The Labute approximate surface area is 111 Å². The van der Waals surface area contributed by atoms with Crippen molar-refractivity contribution in [1.29, 1.82) is 0 Å². The number of nitrogens with zero attached hydrogens (tertiary/aromatic N) is 1. The molecule has 0 spiro atoms. The third kappa shape index (κ3) is 3.90. The molecule has 0 unspecified atom stereocenters. The lowest BCUT2D eigenvalue weighted by molar-refractivity contribution is -0.121. The second-order valence-electron chi connectivity index (χ2n) is 3.77. The molecule has 0 fully saturated rings. The highest BCUT2D eigenvalue weighted by Crippen LogP contribution is 2.12. The maximum Gasteiger partial charge on any atom is 0.247 e. The number of carbonyl (C=O) groups is 1. The Bertz CT molecular complexity index is 574. The molecule has 0 radical (unpaired) electrons. The van der Waals surface area contributed by atoms with Gasteiger partial charge in [-0.3, -0.25) is 9.59 Å². The number of aromatic amines is 1. The number of sulfonamides is 1. The van der Waals surface area contributed by atoms with Crippen molar-refractivity contribution in [3.63, 3.8) is 0 Å². The zero-order chi connectivity index (χ0) is 14.5. The van der Waals surface area contributed by atoms with E-state index in [1.807, 2.05) is 0 Å². The minimum Gasteiger partial charge on any atom is -0.355 e. The summed E-state index contributed by atoms with van der Waals surface area (Å²) in [5, 5.41) is 2.54. The van der Waals surface area contributed by atoms with Crippen LogP contribution < -0.4 is 10.9 Å². The Morgan fingerprint density at radius 2 is 2.05 bits per heavy atom. The summed E-state index contributed by atoms with van der Waals surface area (Å²) in [4.78, 5) is 24.7. The lowest BCUT2D eigenvalue weighted by atomic mass is 10.5. The van der Waals surface area contributed by atoms with Crippen molar-refractivity contribution in [3.8, 4) is 0 Å². The van der Waals surface area contributed by atoms with Crippen molar-refractivity contribution in [1.82, 2.24) is 14.6 Å². The molecule has 1 aromatic rings. The highest BCUT2D eigenvalue weighted by atomic mass is 32.2. The molecule has 0 aliphatic heterocycles. The van der Waals surface area contributed by atoms with E-state index >= 15 is 0 Å². The van der Waals surface area contributed by atoms with E-state index in [1.165, 1.54) is 6.07 Å². The molecule has 1 rings (SSSR count). The molecule has 1 amide bonds. The van der Waals surface area contributed by atoms with Crippen LogP contribution in [0.15, 0.2) is 28.0 Å². The number of aromatic nitrogens is 1. The number of carbonyl (C=O) groups excluding carboxylic acids is 1. The number of pyridine rings is 1. The summed E-state index contributed by atoms with van der Waals surface area (Å²) in [5.74, 6) is -0.364. The Hall–Kier alpha value is -1.67. The number of likely N-dealkylation sites (N-methyl/N-ethyl adjacent to an activating group) is 2. The topological polar surface area (TPSA) is 99.3 Å². The van der Waals surface area contributed by atoms with E-state index in [2.05, 4.69) is 10.3 Å². The summed E-state index contributed by atoms with van der Waals surface area (Å²) in [6.07, 6.45) is 1.12. The SMILES string of the molecule is CCNC(=O)CN(CC)S(=O)(=O)c1ccc(=O)[nH]c1. The van der Waals surface area contributed by atoms with E-state index in [0.717, 1.165) is 16.6 Å². The summed E-state index contributed by atoms with van der Waals surface area (Å²) in [7, 11) is -3.78. The van der Waals surface area contributed by atoms with Crippen LogP contribution in [0.25, 0.3) is 0 Å². The Kier molecular flexibility index (Phi) is 5.25. The van der Waals surface area contributed by atoms with Crippen LogP contribution in [0.2, 0.25) is 0 Å². The number of rotatable bonds is 6. The molecule has 19 heavy (non-hydrogen) atoms. The van der Waals surface area contributed by atoms with Gasteiger partial charge in [-0.1, -0.05) is 6.92 Å². The zero-order valence-electron chi connectivity index (χ0n) is 10.8. The van der Waals surface area contributed by atoms with Crippen molar-refractivity contribution in [2.75, 3.05) is 19.6 Å². The summed E-state index contributed by atoms with van der Waals surface area (Å²) in [6, 6.07) is 2.35. The summed E-state index contributed by atoms with van der Waals surface area (Å²) < 4.78 is 25.5. The van der Waals surface area contributed by atoms with Crippen LogP contribution in [-0.4, -0.2) is 43.2 Å². The third-order valence-electron chi connectivity index (χ3n) is 2.44. The van der Waals surface area contributed by atoms with Crippen molar-refractivity contribution < 1.29 is 13.2 Å². The molecule has 7 nitrogen and oxygen atoms in total.